The fraction of sp³-hybridized carbons (Fsp3) is 0.316. The van der Waals surface area contributed by atoms with Gasteiger partial charge in [-0.15, -0.1) is 11.3 Å². The lowest BCUT2D eigenvalue weighted by molar-refractivity contribution is 0.0914. The van der Waals surface area contributed by atoms with Gasteiger partial charge in [-0.2, -0.15) is 0 Å². The molecule has 3 aromatic rings. The van der Waals surface area contributed by atoms with Crippen molar-refractivity contribution in [2.75, 3.05) is 0 Å². The Morgan fingerprint density at radius 2 is 2.08 bits per heavy atom. The van der Waals surface area contributed by atoms with E-state index in [9.17, 15) is 4.79 Å². The number of aromatic nitrogens is 4. The third kappa shape index (κ3) is 3.35. The van der Waals surface area contributed by atoms with Crippen LogP contribution in [0.2, 0.25) is 0 Å². The van der Waals surface area contributed by atoms with Crippen LogP contribution in [0.25, 0.3) is 11.4 Å². The summed E-state index contributed by atoms with van der Waals surface area (Å²) in [6.07, 6.45) is 7.01. The van der Waals surface area contributed by atoms with Crippen molar-refractivity contribution in [3.63, 3.8) is 0 Å². The van der Waals surface area contributed by atoms with Crippen LogP contribution in [-0.2, 0) is 6.42 Å². The molecule has 0 bridgehead atoms. The standard InChI is InChI=1S/C19H19N5OS/c1-19(2)7-14-13(9-21-17(23-14)12-3-5-20-6-4-12)15(8-19)24-18(25)16-10-26-11-22-16/h3-6,9-11,15H,7-8H2,1-2H3,(H,24,25)/t15-/m1/s1. The van der Waals surface area contributed by atoms with Crippen molar-refractivity contribution in [1.82, 2.24) is 25.3 Å². The third-order valence-corrected chi connectivity index (χ3v) is 5.17. The first-order chi connectivity index (χ1) is 12.5. The quantitative estimate of drug-likeness (QED) is 0.769. The lowest BCUT2D eigenvalue weighted by Crippen LogP contribution is -2.37. The van der Waals surface area contributed by atoms with Crippen molar-refractivity contribution in [3.8, 4) is 11.4 Å². The van der Waals surface area contributed by atoms with E-state index in [-0.39, 0.29) is 17.4 Å². The Hall–Kier alpha value is -2.67. The van der Waals surface area contributed by atoms with E-state index in [1.165, 1.54) is 11.3 Å². The third-order valence-electron chi connectivity index (χ3n) is 4.59. The van der Waals surface area contributed by atoms with Gasteiger partial charge < -0.3 is 5.32 Å². The highest BCUT2D eigenvalue weighted by atomic mass is 32.1. The molecule has 3 aromatic heterocycles. The van der Waals surface area contributed by atoms with E-state index in [4.69, 9.17) is 4.98 Å². The molecule has 0 aromatic carbocycles. The SMILES string of the molecule is CC1(C)Cc2nc(-c3ccncc3)ncc2[C@H](NC(=O)c2cscn2)C1. The molecule has 6 nitrogen and oxygen atoms in total. The molecule has 4 rings (SSSR count). The van der Waals surface area contributed by atoms with Crippen LogP contribution in [0, 0.1) is 5.41 Å². The van der Waals surface area contributed by atoms with Crippen LogP contribution in [0.5, 0.6) is 0 Å². The molecule has 26 heavy (non-hydrogen) atoms. The van der Waals surface area contributed by atoms with Crippen LogP contribution in [0.3, 0.4) is 0 Å². The fourth-order valence-corrected chi connectivity index (χ4v) is 3.90. The van der Waals surface area contributed by atoms with E-state index in [1.807, 2.05) is 18.3 Å². The van der Waals surface area contributed by atoms with E-state index in [0.29, 0.717) is 11.5 Å². The Morgan fingerprint density at radius 3 is 2.81 bits per heavy atom. The van der Waals surface area contributed by atoms with Gasteiger partial charge in [0.15, 0.2) is 5.82 Å². The lowest BCUT2D eigenvalue weighted by atomic mass is 9.74. The number of hydrogen-bond donors (Lipinski definition) is 1. The minimum Gasteiger partial charge on any atom is -0.344 e. The molecule has 1 aliphatic carbocycles. The van der Waals surface area contributed by atoms with Crippen molar-refractivity contribution in [2.45, 2.75) is 32.7 Å². The van der Waals surface area contributed by atoms with Crippen LogP contribution >= 0.6 is 11.3 Å². The number of fused-ring (bicyclic) bond motifs is 1. The minimum absolute atomic E-state index is 0.0386. The highest BCUT2D eigenvalue weighted by Crippen LogP contribution is 2.40. The second-order valence-electron chi connectivity index (χ2n) is 7.28. The van der Waals surface area contributed by atoms with Crippen LogP contribution in [0.1, 0.15) is 48.1 Å². The molecule has 0 unspecified atom stereocenters. The molecule has 0 saturated heterocycles. The monoisotopic (exact) mass is 365 g/mol. The van der Waals surface area contributed by atoms with Gasteiger partial charge in [-0.25, -0.2) is 15.0 Å². The Kier molecular flexibility index (Phi) is 4.24. The summed E-state index contributed by atoms with van der Waals surface area (Å²) in [5.41, 5.74) is 5.08. The Labute approximate surface area is 155 Å². The lowest BCUT2D eigenvalue weighted by Gasteiger charge is -2.36. The summed E-state index contributed by atoms with van der Waals surface area (Å²) in [4.78, 5) is 29.9. The topological polar surface area (TPSA) is 80.7 Å². The van der Waals surface area contributed by atoms with E-state index in [2.05, 4.69) is 34.1 Å². The maximum absolute atomic E-state index is 12.5. The van der Waals surface area contributed by atoms with Gasteiger partial charge in [0, 0.05) is 35.1 Å². The number of nitrogens with zero attached hydrogens (tertiary/aromatic N) is 4. The van der Waals surface area contributed by atoms with Gasteiger partial charge in [-0.05, 0) is 30.4 Å². The van der Waals surface area contributed by atoms with E-state index < -0.39 is 0 Å². The number of thiazole rings is 1. The van der Waals surface area contributed by atoms with Crippen LogP contribution in [0.15, 0.2) is 41.6 Å². The minimum atomic E-state index is -0.155. The largest absolute Gasteiger partial charge is 0.344 e. The molecule has 0 spiro atoms. The number of carbonyl (C=O) groups is 1. The Bertz CT molecular complexity index is 924. The first kappa shape index (κ1) is 16.8. The molecule has 1 amide bonds. The van der Waals surface area contributed by atoms with Gasteiger partial charge in [0.2, 0.25) is 0 Å². The van der Waals surface area contributed by atoms with Gasteiger partial charge in [-0.3, -0.25) is 9.78 Å². The molecule has 132 valence electrons. The molecule has 3 heterocycles. The predicted octanol–water partition coefficient (Wildman–Crippen LogP) is 3.44. The maximum atomic E-state index is 12.5. The van der Waals surface area contributed by atoms with Crippen LogP contribution in [0.4, 0.5) is 0 Å². The van der Waals surface area contributed by atoms with Gasteiger partial charge >= 0.3 is 0 Å². The van der Waals surface area contributed by atoms with Gasteiger partial charge in [0.05, 0.1) is 17.2 Å². The molecular weight excluding hydrogens is 346 g/mol. The summed E-state index contributed by atoms with van der Waals surface area (Å²) in [5, 5.41) is 4.86. The van der Waals surface area contributed by atoms with Crippen molar-refractivity contribution in [1.29, 1.82) is 0 Å². The van der Waals surface area contributed by atoms with E-state index >= 15 is 0 Å². The van der Waals surface area contributed by atoms with E-state index in [1.54, 1.807) is 23.3 Å². The summed E-state index contributed by atoms with van der Waals surface area (Å²) in [6.45, 7) is 4.40. The number of hydrogen-bond acceptors (Lipinski definition) is 6. The molecule has 1 aliphatic rings. The molecule has 0 saturated carbocycles. The molecule has 1 atom stereocenters. The summed E-state index contributed by atoms with van der Waals surface area (Å²) >= 11 is 1.41. The number of pyridine rings is 1. The molecule has 7 heteroatoms. The second kappa shape index (κ2) is 6.57. The highest BCUT2D eigenvalue weighted by Gasteiger charge is 2.34. The molecule has 0 aliphatic heterocycles. The second-order valence-corrected chi connectivity index (χ2v) is 8.00. The Balaban J connectivity index is 1.67. The number of nitrogens with one attached hydrogen (secondary N) is 1. The summed E-state index contributed by atoms with van der Waals surface area (Å²) in [6, 6.07) is 3.68. The Morgan fingerprint density at radius 1 is 1.27 bits per heavy atom. The maximum Gasteiger partial charge on any atom is 0.271 e. The fourth-order valence-electron chi connectivity index (χ4n) is 3.37. The molecular formula is C19H19N5OS. The smallest absolute Gasteiger partial charge is 0.271 e. The normalized spacial score (nSPS) is 18.2. The van der Waals surface area contributed by atoms with Crippen molar-refractivity contribution >= 4 is 17.2 Å². The summed E-state index contributed by atoms with van der Waals surface area (Å²) in [7, 11) is 0. The van der Waals surface area contributed by atoms with Crippen LogP contribution < -0.4 is 5.32 Å². The van der Waals surface area contributed by atoms with Crippen molar-refractivity contribution in [3.05, 3.63) is 58.6 Å². The molecule has 1 N–H and O–H groups in total. The summed E-state index contributed by atoms with van der Waals surface area (Å²) < 4.78 is 0. The average Bonchev–Trinajstić information content (AvgIpc) is 3.16. The first-order valence-electron chi connectivity index (χ1n) is 8.47. The van der Waals surface area contributed by atoms with E-state index in [0.717, 1.165) is 29.7 Å². The number of amides is 1. The van der Waals surface area contributed by atoms with Crippen molar-refractivity contribution < 1.29 is 4.79 Å². The van der Waals surface area contributed by atoms with Gasteiger partial charge in [0.25, 0.3) is 5.91 Å². The average molecular weight is 365 g/mol. The first-order valence-corrected chi connectivity index (χ1v) is 9.41. The summed E-state index contributed by atoms with van der Waals surface area (Å²) in [5.74, 6) is 0.534. The number of rotatable bonds is 3. The van der Waals surface area contributed by atoms with Crippen molar-refractivity contribution in [2.24, 2.45) is 5.41 Å². The predicted molar refractivity (Wildman–Crippen MR) is 99.7 cm³/mol. The van der Waals surface area contributed by atoms with Gasteiger partial charge in [-0.1, -0.05) is 13.8 Å². The molecule has 0 radical (unpaired) electrons. The highest BCUT2D eigenvalue weighted by molar-refractivity contribution is 7.07. The molecule has 0 fully saturated rings. The zero-order valence-corrected chi connectivity index (χ0v) is 15.5. The zero-order valence-electron chi connectivity index (χ0n) is 14.6. The zero-order chi connectivity index (χ0) is 18.1. The van der Waals surface area contributed by atoms with Crippen LogP contribution in [-0.4, -0.2) is 25.8 Å². The number of carbonyl (C=O) groups excluding carboxylic acids is 1. The van der Waals surface area contributed by atoms with Gasteiger partial charge in [0.1, 0.15) is 5.69 Å².